The molecule has 2 aromatic heterocycles. The first-order chi connectivity index (χ1) is 10.7. The number of nitrogens with one attached hydrogen (secondary N) is 3. The van der Waals surface area contributed by atoms with Crippen molar-refractivity contribution in [2.24, 2.45) is 0 Å². The number of benzene rings is 1. The second-order valence-electron chi connectivity index (χ2n) is 5.92. The van der Waals surface area contributed by atoms with Crippen LogP contribution in [0.4, 0.5) is 0 Å². The van der Waals surface area contributed by atoms with Crippen LogP contribution < -0.4 is 5.32 Å². The number of hydrogen-bond donors (Lipinski definition) is 3. The lowest BCUT2D eigenvalue weighted by atomic mass is 9.93. The third-order valence-electron chi connectivity index (χ3n) is 4.39. The number of aryl methyl sites for hydroxylation is 2. The molecule has 0 spiro atoms. The van der Waals surface area contributed by atoms with Gasteiger partial charge in [-0.25, -0.2) is 4.98 Å². The lowest BCUT2D eigenvalue weighted by molar-refractivity contribution is 0.554. The van der Waals surface area contributed by atoms with Crippen molar-refractivity contribution in [3.8, 4) is 11.3 Å². The summed E-state index contributed by atoms with van der Waals surface area (Å²) in [6, 6.07) is 6.59. The number of nitrogens with zero attached hydrogens (tertiary/aromatic N) is 2. The molecule has 3 aromatic rings. The van der Waals surface area contributed by atoms with Gasteiger partial charge < -0.3 is 10.3 Å². The van der Waals surface area contributed by atoms with E-state index in [1.807, 2.05) is 6.20 Å². The minimum absolute atomic E-state index is 0.0867. The van der Waals surface area contributed by atoms with Gasteiger partial charge in [0.2, 0.25) is 0 Å². The van der Waals surface area contributed by atoms with Crippen molar-refractivity contribution in [3.63, 3.8) is 0 Å². The van der Waals surface area contributed by atoms with Gasteiger partial charge >= 0.3 is 0 Å². The molecule has 0 bridgehead atoms. The van der Waals surface area contributed by atoms with E-state index in [1.165, 1.54) is 22.4 Å². The van der Waals surface area contributed by atoms with E-state index in [0.29, 0.717) is 0 Å². The van der Waals surface area contributed by atoms with Gasteiger partial charge in [0.05, 0.1) is 30.0 Å². The molecule has 22 heavy (non-hydrogen) atoms. The second kappa shape index (κ2) is 5.10. The van der Waals surface area contributed by atoms with Gasteiger partial charge in [-0.3, -0.25) is 5.10 Å². The molecule has 0 saturated carbocycles. The average molecular weight is 293 g/mol. The Labute approximate surface area is 129 Å². The third-order valence-corrected chi connectivity index (χ3v) is 4.39. The van der Waals surface area contributed by atoms with Crippen LogP contribution in [0.25, 0.3) is 11.3 Å². The molecule has 3 heterocycles. The van der Waals surface area contributed by atoms with Crippen molar-refractivity contribution in [2.75, 3.05) is 6.54 Å². The first-order valence-electron chi connectivity index (χ1n) is 7.60. The van der Waals surface area contributed by atoms with Gasteiger partial charge in [-0.15, -0.1) is 0 Å². The number of imidazole rings is 1. The Balaban J connectivity index is 1.84. The van der Waals surface area contributed by atoms with E-state index in [-0.39, 0.29) is 6.04 Å². The summed E-state index contributed by atoms with van der Waals surface area (Å²) in [5.41, 5.74) is 8.23. The van der Waals surface area contributed by atoms with Crippen molar-refractivity contribution in [1.29, 1.82) is 0 Å². The van der Waals surface area contributed by atoms with Crippen LogP contribution >= 0.6 is 0 Å². The van der Waals surface area contributed by atoms with Crippen molar-refractivity contribution < 1.29 is 0 Å². The lowest BCUT2D eigenvalue weighted by Gasteiger charge is -2.23. The summed E-state index contributed by atoms with van der Waals surface area (Å²) in [6.07, 6.45) is 4.68. The maximum Gasteiger partial charge on any atom is 0.0926 e. The molecule has 3 N–H and O–H groups in total. The molecule has 1 aliphatic heterocycles. The molecular weight excluding hydrogens is 274 g/mol. The highest BCUT2D eigenvalue weighted by molar-refractivity contribution is 5.68. The van der Waals surface area contributed by atoms with Gasteiger partial charge in [0, 0.05) is 29.8 Å². The first kappa shape index (κ1) is 13.3. The SMILES string of the molecule is Cc1ccc(C)c(-c2[nH]ncc2[C@@H]2NCCc3[nH]cnc32)c1. The van der Waals surface area contributed by atoms with Crippen molar-refractivity contribution >= 4 is 0 Å². The Bertz CT molecular complexity index is 814. The Kier molecular flexibility index (Phi) is 3.08. The minimum atomic E-state index is 0.0867. The molecule has 0 radical (unpaired) electrons. The minimum Gasteiger partial charge on any atom is -0.348 e. The molecule has 0 amide bonds. The van der Waals surface area contributed by atoms with Crippen LogP contribution in [0.5, 0.6) is 0 Å². The number of aromatic nitrogens is 4. The molecule has 5 nitrogen and oxygen atoms in total. The summed E-state index contributed by atoms with van der Waals surface area (Å²) in [5, 5.41) is 11.0. The number of fused-ring (bicyclic) bond motifs is 1. The molecule has 1 aliphatic rings. The zero-order valence-corrected chi connectivity index (χ0v) is 12.8. The Morgan fingerprint density at radius 3 is 3.05 bits per heavy atom. The fraction of sp³-hybridized carbons (Fsp3) is 0.294. The summed E-state index contributed by atoms with van der Waals surface area (Å²) >= 11 is 0. The summed E-state index contributed by atoms with van der Waals surface area (Å²) in [6.45, 7) is 5.19. The summed E-state index contributed by atoms with van der Waals surface area (Å²) in [4.78, 5) is 7.76. The molecule has 0 saturated heterocycles. The van der Waals surface area contributed by atoms with Gasteiger partial charge in [0.25, 0.3) is 0 Å². The van der Waals surface area contributed by atoms with Crippen LogP contribution in [0, 0.1) is 13.8 Å². The molecule has 1 atom stereocenters. The summed E-state index contributed by atoms with van der Waals surface area (Å²) in [7, 11) is 0. The number of aromatic amines is 2. The van der Waals surface area contributed by atoms with Crippen LogP contribution in [0.15, 0.2) is 30.7 Å². The van der Waals surface area contributed by atoms with Gasteiger partial charge in [0.1, 0.15) is 0 Å². The molecule has 1 aromatic carbocycles. The molecule has 0 unspecified atom stereocenters. The lowest BCUT2D eigenvalue weighted by Crippen LogP contribution is -2.30. The quantitative estimate of drug-likeness (QED) is 0.680. The largest absolute Gasteiger partial charge is 0.348 e. The molecule has 4 rings (SSSR count). The van der Waals surface area contributed by atoms with Crippen LogP contribution in [0.1, 0.15) is 34.1 Å². The fourth-order valence-electron chi connectivity index (χ4n) is 3.21. The molecule has 112 valence electrons. The predicted molar refractivity (Wildman–Crippen MR) is 85.6 cm³/mol. The van der Waals surface area contributed by atoms with E-state index in [4.69, 9.17) is 0 Å². The fourth-order valence-corrected chi connectivity index (χ4v) is 3.21. The highest BCUT2D eigenvalue weighted by Crippen LogP contribution is 2.34. The monoisotopic (exact) mass is 293 g/mol. The number of hydrogen-bond acceptors (Lipinski definition) is 3. The standard InChI is InChI=1S/C17H19N5/c1-10-3-4-11(2)12(7-10)15-13(8-21-22-15)16-17-14(5-6-18-16)19-9-20-17/h3-4,7-9,16,18H,5-6H2,1-2H3,(H,19,20)(H,21,22)/t16-/m0/s1. The molecular formula is C17H19N5. The topological polar surface area (TPSA) is 69.4 Å². The normalized spacial score (nSPS) is 17.5. The maximum atomic E-state index is 4.51. The van der Waals surface area contributed by atoms with Gasteiger partial charge in [-0.05, 0) is 25.5 Å². The van der Waals surface area contributed by atoms with E-state index >= 15 is 0 Å². The smallest absolute Gasteiger partial charge is 0.0926 e. The zero-order valence-electron chi connectivity index (χ0n) is 12.8. The second-order valence-corrected chi connectivity index (χ2v) is 5.92. The maximum absolute atomic E-state index is 4.51. The van der Waals surface area contributed by atoms with Gasteiger partial charge in [0.15, 0.2) is 0 Å². The Hall–Kier alpha value is -2.40. The van der Waals surface area contributed by atoms with Crippen LogP contribution in [0.3, 0.4) is 0 Å². The average Bonchev–Trinajstić information content (AvgIpc) is 3.17. The zero-order chi connectivity index (χ0) is 15.1. The van der Waals surface area contributed by atoms with E-state index in [0.717, 1.165) is 29.9 Å². The predicted octanol–water partition coefficient (Wildman–Crippen LogP) is 2.65. The summed E-state index contributed by atoms with van der Waals surface area (Å²) in [5.74, 6) is 0. The first-order valence-corrected chi connectivity index (χ1v) is 7.60. The van der Waals surface area contributed by atoms with E-state index < -0.39 is 0 Å². The van der Waals surface area contributed by atoms with Gasteiger partial charge in [-0.2, -0.15) is 5.10 Å². The Morgan fingerprint density at radius 1 is 1.23 bits per heavy atom. The molecule has 0 fully saturated rings. The summed E-state index contributed by atoms with van der Waals surface area (Å²) < 4.78 is 0. The number of rotatable bonds is 2. The van der Waals surface area contributed by atoms with Crippen molar-refractivity contribution in [3.05, 3.63) is 58.8 Å². The Morgan fingerprint density at radius 2 is 2.14 bits per heavy atom. The van der Waals surface area contributed by atoms with Crippen molar-refractivity contribution in [2.45, 2.75) is 26.3 Å². The van der Waals surface area contributed by atoms with Crippen LogP contribution in [0.2, 0.25) is 0 Å². The van der Waals surface area contributed by atoms with Gasteiger partial charge in [-0.1, -0.05) is 17.7 Å². The van der Waals surface area contributed by atoms with Crippen LogP contribution in [-0.4, -0.2) is 26.7 Å². The van der Waals surface area contributed by atoms with Crippen LogP contribution in [-0.2, 0) is 6.42 Å². The van der Waals surface area contributed by atoms with Crippen molar-refractivity contribution in [1.82, 2.24) is 25.5 Å². The molecule has 0 aliphatic carbocycles. The molecule has 5 heteroatoms. The van der Waals surface area contributed by atoms with E-state index in [9.17, 15) is 0 Å². The van der Waals surface area contributed by atoms with E-state index in [1.54, 1.807) is 6.33 Å². The highest BCUT2D eigenvalue weighted by atomic mass is 15.1. The highest BCUT2D eigenvalue weighted by Gasteiger charge is 2.27. The number of H-pyrrole nitrogens is 2. The van der Waals surface area contributed by atoms with E-state index in [2.05, 4.69) is 57.5 Å². The third kappa shape index (κ3) is 2.05.